The van der Waals surface area contributed by atoms with Gasteiger partial charge in [-0.3, -0.25) is 0 Å². The third-order valence-electron chi connectivity index (χ3n) is 2.89. The van der Waals surface area contributed by atoms with Crippen LogP contribution >= 0.6 is 0 Å². The topological polar surface area (TPSA) is 9.23 Å². The van der Waals surface area contributed by atoms with Crippen LogP contribution in [0.4, 0.5) is 0 Å². The van der Waals surface area contributed by atoms with Crippen LogP contribution in [0, 0.1) is 18.3 Å². The molecule has 0 aromatic carbocycles. The van der Waals surface area contributed by atoms with Crippen molar-refractivity contribution in [2.75, 3.05) is 0 Å². The van der Waals surface area contributed by atoms with E-state index in [1.165, 1.54) is 25.7 Å². The zero-order valence-electron chi connectivity index (χ0n) is 6.75. The van der Waals surface area contributed by atoms with Crippen LogP contribution in [0.5, 0.6) is 0 Å². The molecule has 0 aromatic heterocycles. The van der Waals surface area contributed by atoms with E-state index in [1.807, 2.05) is 0 Å². The Morgan fingerprint density at radius 3 is 2.91 bits per heavy atom. The summed E-state index contributed by atoms with van der Waals surface area (Å²) in [6, 6.07) is 0. The van der Waals surface area contributed by atoms with E-state index < -0.39 is 0 Å². The van der Waals surface area contributed by atoms with Crippen LogP contribution < -0.4 is 0 Å². The van der Waals surface area contributed by atoms with E-state index in [9.17, 15) is 0 Å². The molecule has 2 aliphatic rings. The SMILES string of the molecule is C#CCCC1CC2CCC1O2. The van der Waals surface area contributed by atoms with Gasteiger partial charge < -0.3 is 4.74 Å². The summed E-state index contributed by atoms with van der Waals surface area (Å²) >= 11 is 0. The third-order valence-corrected chi connectivity index (χ3v) is 2.89. The van der Waals surface area contributed by atoms with E-state index in [1.54, 1.807) is 0 Å². The summed E-state index contributed by atoms with van der Waals surface area (Å²) in [6.45, 7) is 0. The van der Waals surface area contributed by atoms with Crippen LogP contribution in [0.3, 0.4) is 0 Å². The molecule has 0 aromatic rings. The summed E-state index contributed by atoms with van der Waals surface area (Å²) in [5.74, 6) is 3.48. The molecule has 2 bridgehead atoms. The van der Waals surface area contributed by atoms with Gasteiger partial charge in [0.1, 0.15) is 0 Å². The summed E-state index contributed by atoms with van der Waals surface area (Å²) in [5, 5.41) is 0. The van der Waals surface area contributed by atoms with Gasteiger partial charge in [0.2, 0.25) is 0 Å². The average Bonchev–Trinajstić information content (AvgIpc) is 2.60. The molecule has 60 valence electrons. The smallest absolute Gasteiger partial charge is 0.0609 e. The molecule has 1 nitrogen and oxygen atoms in total. The van der Waals surface area contributed by atoms with Crippen molar-refractivity contribution in [2.24, 2.45) is 5.92 Å². The van der Waals surface area contributed by atoms with Crippen molar-refractivity contribution in [3.05, 3.63) is 0 Å². The molecule has 0 saturated carbocycles. The van der Waals surface area contributed by atoms with Crippen LogP contribution in [0.25, 0.3) is 0 Å². The fourth-order valence-corrected chi connectivity index (χ4v) is 2.32. The maximum absolute atomic E-state index is 5.71. The Labute approximate surface area is 68.1 Å². The molecule has 3 unspecified atom stereocenters. The Morgan fingerprint density at radius 2 is 2.36 bits per heavy atom. The van der Waals surface area contributed by atoms with E-state index >= 15 is 0 Å². The van der Waals surface area contributed by atoms with Gasteiger partial charge in [0.25, 0.3) is 0 Å². The van der Waals surface area contributed by atoms with Gasteiger partial charge in [0.15, 0.2) is 0 Å². The van der Waals surface area contributed by atoms with Gasteiger partial charge >= 0.3 is 0 Å². The predicted molar refractivity (Wildman–Crippen MR) is 44.1 cm³/mol. The lowest BCUT2D eigenvalue weighted by Gasteiger charge is -2.16. The van der Waals surface area contributed by atoms with Gasteiger partial charge in [0, 0.05) is 6.42 Å². The highest BCUT2D eigenvalue weighted by molar-refractivity contribution is 4.92. The number of terminal acetylenes is 1. The van der Waals surface area contributed by atoms with Crippen LogP contribution in [0.1, 0.15) is 32.1 Å². The second-order valence-corrected chi connectivity index (χ2v) is 3.61. The molecule has 1 heteroatoms. The van der Waals surface area contributed by atoms with Crippen molar-refractivity contribution in [3.63, 3.8) is 0 Å². The monoisotopic (exact) mass is 150 g/mol. The summed E-state index contributed by atoms with van der Waals surface area (Å²) in [6.07, 6.45) is 12.3. The van der Waals surface area contributed by atoms with Crippen LogP contribution in [0.15, 0.2) is 0 Å². The Kier molecular flexibility index (Phi) is 1.87. The molecule has 2 rings (SSSR count). The summed E-state index contributed by atoms with van der Waals surface area (Å²) < 4.78 is 5.71. The Morgan fingerprint density at radius 1 is 1.45 bits per heavy atom. The summed E-state index contributed by atoms with van der Waals surface area (Å²) in [7, 11) is 0. The Bertz CT molecular complexity index is 180. The molecule has 3 atom stereocenters. The minimum atomic E-state index is 0.563. The Balaban J connectivity index is 1.84. The molecule has 0 aliphatic carbocycles. The lowest BCUT2D eigenvalue weighted by atomic mass is 9.86. The van der Waals surface area contributed by atoms with Gasteiger partial charge in [-0.2, -0.15) is 0 Å². The molecule has 0 amide bonds. The minimum absolute atomic E-state index is 0.563. The first-order valence-electron chi connectivity index (χ1n) is 4.49. The van der Waals surface area contributed by atoms with Crippen molar-refractivity contribution < 1.29 is 4.74 Å². The van der Waals surface area contributed by atoms with E-state index in [4.69, 9.17) is 11.2 Å². The molecule has 2 aliphatic heterocycles. The van der Waals surface area contributed by atoms with Gasteiger partial charge in [-0.1, -0.05) is 0 Å². The second kappa shape index (κ2) is 2.87. The first-order valence-corrected chi connectivity index (χ1v) is 4.49. The van der Waals surface area contributed by atoms with Crippen LogP contribution in [-0.2, 0) is 4.74 Å². The van der Waals surface area contributed by atoms with Crippen molar-refractivity contribution in [1.29, 1.82) is 0 Å². The fourth-order valence-electron chi connectivity index (χ4n) is 2.32. The van der Waals surface area contributed by atoms with E-state index in [2.05, 4.69) is 5.92 Å². The van der Waals surface area contributed by atoms with Crippen molar-refractivity contribution in [2.45, 2.75) is 44.3 Å². The molecular formula is C10H14O. The minimum Gasteiger partial charge on any atom is -0.375 e. The molecule has 2 fully saturated rings. The molecule has 2 saturated heterocycles. The maximum Gasteiger partial charge on any atom is 0.0609 e. The normalized spacial score (nSPS) is 40.8. The first kappa shape index (κ1) is 7.18. The number of rotatable bonds is 2. The van der Waals surface area contributed by atoms with Crippen molar-refractivity contribution >= 4 is 0 Å². The Hall–Kier alpha value is -0.480. The highest BCUT2D eigenvalue weighted by Crippen LogP contribution is 2.40. The van der Waals surface area contributed by atoms with Gasteiger partial charge in [-0.25, -0.2) is 0 Å². The second-order valence-electron chi connectivity index (χ2n) is 3.61. The lowest BCUT2D eigenvalue weighted by Crippen LogP contribution is -2.15. The largest absolute Gasteiger partial charge is 0.375 e. The van der Waals surface area contributed by atoms with Crippen LogP contribution in [0.2, 0.25) is 0 Å². The molecular weight excluding hydrogens is 136 g/mol. The third kappa shape index (κ3) is 1.28. The molecule has 0 radical (unpaired) electrons. The number of fused-ring (bicyclic) bond motifs is 2. The zero-order valence-corrected chi connectivity index (χ0v) is 6.75. The lowest BCUT2D eigenvalue weighted by molar-refractivity contribution is 0.0915. The first-order chi connectivity index (χ1) is 5.40. The standard InChI is InChI=1S/C10H14O/c1-2-3-4-8-7-9-5-6-10(8)11-9/h1,8-10H,3-7H2. The highest BCUT2D eigenvalue weighted by atomic mass is 16.5. The highest BCUT2D eigenvalue weighted by Gasteiger charge is 2.39. The maximum atomic E-state index is 5.71. The van der Waals surface area contributed by atoms with Crippen LogP contribution in [-0.4, -0.2) is 12.2 Å². The number of hydrogen-bond donors (Lipinski definition) is 0. The van der Waals surface area contributed by atoms with Gasteiger partial charge in [-0.05, 0) is 31.6 Å². The van der Waals surface area contributed by atoms with Crippen molar-refractivity contribution in [3.8, 4) is 12.3 Å². The van der Waals surface area contributed by atoms with E-state index in [0.29, 0.717) is 12.2 Å². The van der Waals surface area contributed by atoms with E-state index in [0.717, 1.165) is 12.3 Å². The molecule has 0 spiro atoms. The molecule has 0 N–H and O–H groups in total. The summed E-state index contributed by atoms with van der Waals surface area (Å²) in [4.78, 5) is 0. The molecule has 2 heterocycles. The average molecular weight is 150 g/mol. The fraction of sp³-hybridized carbons (Fsp3) is 0.800. The predicted octanol–water partition coefficient (Wildman–Crippen LogP) is 1.97. The van der Waals surface area contributed by atoms with E-state index in [-0.39, 0.29) is 0 Å². The summed E-state index contributed by atoms with van der Waals surface area (Å²) in [5.41, 5.74) is 0. The van der Waals surface area contributed by atoms with Crippen molar-refractivity contribution in [1.82, 2.24) is 0 Å². The quantitative estimate of drug-likeness (QED) is 0.547. The molecule has 11 heavy (non-hydrogen) atoms. The van der Waals surface area contributed by atoms with Gasteiger partial charge in [-0.15, -0.1) is 12.3 Å². The number of ether oxygens (including phenoxy) is 1. The zero-order chi connectivity index (χ0) is 7.68. The number of hydrogen-bond acceptors (Lipinski definition) is 1. The van der Waals surface area contributed by atoms with Gasteiger partial charge in [0.05, 0.1) is 12.2 Å².